The summed E-state index contributed by atoms with van der Waals surface area (Å²) in [6, 6.07) is 8.52. The van der Waals surface area contributed by atoms with E-state index in [0.29, 0.717) is 6.04 Å². The lowest BCUT2D eigenvalue weighted by molar-refractivity contribution is 0.414. The van der Waals surface area contributed by atoms with Gasteiger partial charge in [0, 0.05) is 19.3 Å². The Hall–Kier alpha value is -1.81. The number of hydrogen-bond donors (Lipinski definition) is 1. The molecular formula is C15H21N3O. The minimum Gasteiger partial charge on any atom is -0.497 e. The first kappa shape index (κ1) is 13.6. The van der Waals surface area contributed by atoms with Crippen LogP contribution in [0.2, 0.25) is 0 Å². The largest absolute Gasteiger partial charge is 0.497 e. The molecule has 1 heterocycles. The van der Waals surface area contributed by atoms with E-state index in [9.17, 15) is 0 Å². The van der Waals surface area contributed by atoms with Crippen LogP contribution in [0.5, 0.6) is 5.75 Å². The van der Waals surface area contributed by atoms with Gasteiger partial charge in [0.05, 0.1) is 13.3 Å². The Balaban J connectivity index is 1.81. The molecule has 2 aromatic rings. The first-order valence-electron chi connectivity index (χ1n) is 6.54. The van der Waals surface area contributed by atoms with Crippen molar-refractivity contribution >= 4 is 0 Å². The Bertz CT molecular complexity index is 504. The summed E-state index contributed by atoms with van der Waals surface area (Å²) in [6.07, 6.45) is 4.97. The number of rotatable bonds is 6. The van der Waals surface area contributed by atoms with Gasteiger partial charge in [-0.25, -0.2) is 0 Å². The van der Waals surface area contributed by atoms with Crippen LogP contribution in [0.1, 0.15) is 24.1 Å². The van der Waals surface area contributed by atoms with Crippen LogP contribution in [0.25, 0.3) is 0 Å². The molecule has 2 rings (SSSR count). The molecular weight excluding hydrogens is 238 g/mol. The molecule has 0 saturated heterocycles. The van der Waals surface area contributed by atoms with Crippen molar-refractivity contribution in [1.82, 2.24) is 15.1 Å². The van der Waals surface area contributed by atoms with Crippen molar-refractivity contribution in [2.75, 3.05) is 13.7 Å². The molecule has 0 saturated carbocycles. The highest BCUT2D eigenvalue weighted by Gasteiger charge is 2.05. The Morgan fingerprint density at radius 3 is 2.63 bits per heavy atom. The fourth-order valence-electron chi connectivity index (χ4n) is 2.04. The molecule has 0 bridgehead atoms. The molecule has 102 valence electrons. The smallest absolute Gasteiger partial charge is 0.118 e. The van der Waals surface area contributed by atoms with Crippen LogP contribution in [-0.4, -0.2) is 23.4 Å². The fourth-order valence-corrected chi connectivity index (χ4v) is 2.04. The molecule has 0 aliphatic rings. The van der Waals surface area contributed by atoms with Crippen LogP contribution in [0, 0.1) is 0 Å². The Kier molecular flexibility index (Phi) is 4.58. The quantitative estimate of drug-likeness (QED) is 0.865. The molecule has 0 aliphatic heterocycles. The van der Waals surface area contributed by atoms with Gasteiger partial charge >= 0.3 is 0 Å². The summed E-state index contributed by atoms with van der Waals surface area (Å²) in [6.45, 7) is 3.12. The standard InChI is InChI=1S/C15H21N3O/c1-12(14-4-6-15(19-3)7-5-14)16-9-8-13-10-17-18(2)11-13/h4-7,10-12,16H,8-9H2,1-3H3. The molecule has 4 heteroatoms. The first-order chi connectivity index (χ1) is 9.19. The summed E-state index contributed by atoms with van der Waals surface area (Å²) >= 11 is 0. The number of methoxy groups -OCH3 is 1. The molecule has 0 radical (unpaired) electrons. The lowest BCUT2D eigenvalue weighted by Gasteiger charge is -2.14. The second-order valence-corrected chi connectivity index (χ2v) is 4.72. The highest BCUT2D eigenvalue weighted by molar-refractivity contribution is 5.28. The van der Waals surface area contributed by atoms with Gasteiger partial charge in [-0.3, -0.25) is 4.68 Å². The lowest BCUT2D eigenvalue weighted by atomic mass is 10.1. The average Bonchev–Trinajstić information content (AvgIpc) is 2.84. The number of ether oxygens (including phenoxy) is 1. The summed E-state index contributed by atoms with van der Waals surface area (Å²) < 4.78 is 7.00. The average molecular weight is 259 g/mol. The summed E-state index contributed by atoms with van der Waals surface area (Å²) in [7, 11) is 3.63. The number of benzene rings is 1. The van der Waals surface area contributed by atoms with Crippen molar-refractivity contribution in [3.8, 4) is 5.75 Å². The van der Waals surface area contributed by atoms with Crippen LogP contribution in [0.3, 0.4) is 0 Å². The van der Waals surface area contributed by atoms with E-state index in [2.05, 4.69) is 35.7 Å². The molecule has 1 aromatic heterocycles. The second-order valence-electron chi connectivity index (χ2n) is 4.72. The SMILES string of the molecule is COc1ccc(C(C)NCCc2cnn(C)c2)cc1. The summed E-state index contributed by atoms with van der Waals surface area (Å²) in [5.41, 5.74) is 2.53. The summed E-state index contributed by atoms with van der Waals surface area (Å²) in [5.74, 6) is 0.895. The Labute approximate surface area is 114 Å². The minimum absolute atomic E-state index is 0.336. The lowest BCUT2D eigenvalue weighted by Crippen LogP contribution is -2.21. The maximum Gasteiger partial charge on any atom is 0.118 e. The summed E-state index contributed by atoms with van der Waals surface area (Å²) in [4.78, 5) is 0. The number of aromatic nitrogens is 2. The van der Waals surface area contributed by atoms with E-state index >= 15 is 0 Å². The van der Waals surface area contributed by atoms with Gasteiger partial charge in [-0.2, -0.15) is 5.10 Å². The topological polar surface area (TPSA) is 39.1 Å². The van der Waals surface area contributed by atoms with Gasteiger partial charge in [0.2, 0.25) is 0 Å². The van der Waals surface area contributed by atoms with Gasteiger partial charge in [-0.15, -0.1) is 0 Å². The van der Waals surface area contributed by atoms with E-state index in [0.717, 1.165) is 18.7 Å². The maximum absolute atomic E-state index is 5.16. The van der Waals surface area contributed by atoms with Gasteiger partial charge in [-0.1, -0.05) is 12.1 Å². The maximum atomic E-state index is 5.16. The van der Waals surface area contributed by atoms with Crippen molar-refractivity contribution in [2.45, 2.75) is 19.4 Å². The minimum atomic E-state index is 0.336. The zero-order valence-electron chi connectivity index (χ0n) is 11.8. The van der Waals surface area contributed by atoms with E-state index in [1.807, 2.05) is 30.1 Å². The van der Waals surface area contributed by atoms with Crippen LogP contribution < -0.4 is 10.1 Å². The molecule has 1 aromatic carbocycles. The van der Waals surface area contributed by atoms with E-state index in [-0.39, 0.29) is 0 Å². The monoisotopic (exact) mass is 259 g/mol. The number of aryl methyl sites for hydroxylation is 1. The van der Waals surface area contributed by atoms with Gasteiger partial charge in [0.25, 0.3) is 0 Å². The van der Waals surface area contributed by atoms with Gasteiger partial charge in [-0.05, 0) is 43.1 Å². The molecule has 0 spiro atoms. The molecule has 1 N–H and O–H groups in total. The molecule has 19 heavy (non-hydrogen) atoms. The zero-order valence-corrected chi connectivity index (χ0v) is 11.8. The van der Waals surface area contributed by atoms with Crippen molar-refractivity contribution in [1.29, 1.82) is 0 Å². The second kappa shape index (κ2) is 6.38. The fraction of sp³-hybridized carbons (Fsp3) is 0.400. The molecule has 0 aliphatic carbocycles. The van der Waals surface area contributed by atoms with Gasteiger partial charge in [0.1, 0.15) is 5.75 Å². The van der Waals surface area contributed by atoms with Crippen LogP contribution >= 0.6 is 0 Å². The van der Waals surface area contributed by atoms with E-state index in [4.69, 9.17) is 4.74 Å². The molecule has 1 unspecified atom stereocenters. The predicted molar refractivity (Wildman–Crippen MR) is 76.3 cm³/mol. The van der Waals surface area contributed by atoms with Gasteiger partial charge < -0.3 is 10.1 Å². The molecule has 1 atom stereocenters. The number of nitrogens with one attached hydrogen (secondary N) is 1. The van der Waals surface area contributed by atoms with E-state index in [1.165, 1.54) is 11.1 Å². The third-order valence-corrected chi connectivity index (χ3v) is 3.24. The van der Waals surface area contributed by atoms with Crippen molar-refractivity contribution in [2.24, 2.45) is 7.05 Å². The third-order valence-electron chi connectivity index (χ3n) is 3.24. The van der Waals surface area contributed by atoms with E-state index in [1.54, 1.807) is 7.11 Å². The Morgan fingerprint density at radius 1 is 1.32 bits per heavy atom. The summed E-state index contributed by atoms with van der Waals surface area (Å²) in [5, 5.41) is 7.68. The van der Waals surface area contributed by atoms with Crippen LogP contribution in [-0.2, 0) is 13.5 Å². The van der Waals surface area contributed by atoms with Gasteiger partial charge in [0.15, 0.2) is 0 Å². The molecule has 4 nitrogen and oxygen atoms in total. The molecule has 0 fully saturated rings. The predicted octanol–water partition coefficient (Wildman–Crippen LogP) is 2.32. The zero-order chi connectivity index (χ0) is 13.7. The molecule has 0 amide bonds. The van der Waals surface area contributed by atoms with Crippen molar-refractivity contribution in [3.05, 3.63) is 47.8 Å². The first-order valence-corrected chi connectivity index (χ1v) is 6.54. The van der Waals surface area contributed by atoms with E-state index < -0.39 is 0 Å². The Morgan fingerprint density at radius 2 is 2.05 bits per heavy atom. The van der Waals surface area contributed by atoms with Crippen LogP contribution in [0.4, 0.5) is 0 Å². The highest BCUT2D eigenvalue weighted by Crippen LogP contribution is 2.17. The van der Waals surface area contributed by atoms with Crippen LogP contribution in [0.15, 0.2) is 36.7 Å². The number of nitrogens with zero attached hydrogens (tertiary/aromatic N) is 2. The number of hydrogen-bond acceptors (Lipinski definition) is 3. The van der Waals surface area contributed by atoms with Crippen molar-refractivity contribution < 1.29 is 4.74 Å². The van der Waals surface area contributed by atoms with Crippen molar-refractivity contribution in [3.63, 3.8) is 0 Å². The highest BCUT2D eigenvalue weighted by atomic mass is 16.5. The third kappa shape index (κ3) is 3.83. The normalized spacial score (nSPS) is 12.4.